The zero-order valence-corrected chi connectivity index (χ0v) is 35.0. The normalized spacial score (nSPS) is 10.8. The number of amides is 3. The molecule has 18 heteroatoms. The molecule has 5 aromatic heterocycles. The van der Waals surface area contributed by atoms with Gasteiger partial charge in [-0.1, -0.05) is 71.1 Å². The Labute approximate surface area is 371 Å². The van der Waals surface area contributed by atoms with E-state index in [1.54, 1.807) is 83.1 Å². The molecular weight excluding hydrogens is 827 g/mol. The van der Waals surface area contributed by atoms with E-state index in [-0.39, 0.29) is 29.1 Å². The van der Waals surface area contributed by atoms with E-state index in [1.807, 2.05) is 71.4 Å². The molecule has 0 aliphatic heterocycles. The van der Waals surface area contributed by atoms with Crippen LogP contribution < -0.4 is 16.0 Å². The predicted octanol–water partition coefficient (Wildman–Crippen LogP) is 6.06. The van der Waals surface area contributed by atoms with Crippen molar-refractivity contribution in [3.63, 3.8) is 0 Å². The van der Waals surface area contributed by atoms with Crippen molar-refractivity contribution < 1.29 is 23.9 Å². The number of methoxy groups -OCH3 is 1. The summed E-state index contributed by atoms with van der Waals surface area (Å²) >= 11 is 0. The molecule has 0 bridgehead atoms. The number of aromatic nitrogens is 10. The highest BCUT2D eigenvalue weighted by atomic mass is 16.5. The topological polar surface area (TPSA) is 219 Å². The third kappa shape index (κ3) is 10.2. The van der Waals surface area contributed by atoms with Crippen molar-refractivity contribution in [1.82, 2.24) is 54.8 Å². The van der Waals surface area contributed by atoms with E-state index < -0.39 is 5.97 Å². The van der Waals surface area contributed by atoms with Gasteiger partial charge in [0.1, 0.15) is 0 Å². The maximum Gasteiger partial charge on any atom is 0.358 e. The molecule has 18 nitrogen and oxygen atoms in total. The standard InChI is InChI=1S/C26H24N8O2.C21H17N5O3/c35-25(22-9-8-19(17-34-16-13-30-32-34)20-5-1-2-6-21(20)22)31-23-7-3-10-28-24(23)26(36)29-11-4-14-33-15-12-27-18-33;1-29-21(28)19-18(7-4-10-22-19)24-20(27)17-9-8-14(13-26-12-11-23-25-26)15-5-2-3-6-16(15)17/h1-3,5-10,12-13,15-16,18H,4,11,14,17H2,(H,29,36)(H,31,35);2-12H,13H2,1H3,(H,24,27). The molecule has 0 aliphatic carbocycles. The van der Waals surface area contributed by atoms with E-state index in [1.165, 1.54) is 19.5 Å². The number of imidazole rings is 1. The molecule has 0 radical (unpaired) electrons. The number of benzene rings is 4. The Morgan fingerprint density at radius 3 is 1.62 bits per heavy atom. The Bertz CT molecular complexity index is 3080. The summed E-state index contributed by atoms with van der Waals surface area (Å²) in [5.74, 6) is -1.62. The van der Waals surface area contributed by atoms with Gasteiger partial charge in [0.25, 0.3) is 17.7 Å². The molecule has 9 rings (SSSR count). The first kappa shape index (κ1) is 42.7. The minimum atomic E-state index is -0.617. The lowest BCUT2D eigenvalue weighted by atomic mass is 9.99. The number of hydrogen-bond acceptors (Lipinski definition) is 12. The number of pyridine rings is 2. The van der Waals surface area contributed by atoms with Gasteiger partial charge >= 0.3 is 5.97 Å². The van der Waals surface area contributed by atoms with E-state index >= 15 is 0 Å². The van der Waals surface area contributed by atoms with E-state index in [9.17, 15) is 19.2 Å². The van der Waals surface area contributed by atoms with Crippen LogP contribution in [0.1, 0.15) is 59.2 Å². The van der Waals surface area contributed by atoms with Gasteiger partial charge in [0.05, 0.1) is 50.3 Å². The maximum absolute atomic E-state index is 13.3. The largest absolute Gasteiger partial charge is 0.464 e. The smallest absolute Gasteiger partial charge is 0.358 e. The van der Waals surface area contributed by atoms with Gasteiger partial charge in [-0.05, 0) is 75.5 Å². The molecule has 4 aromatic carbocycles. The van der Waals surface area contributed by atoms with Crippen LogP contribution in [0.2, 0.25) is 0 Å². The first-order valence-corrected chi connectivity index (χ1v) is 20.4. The quantitative estimate of drug-likeness (QED) is 0.0840. The second kappa shape index (κ2) is 20.3. The number of carbonyl (C=O) groups excluding carboxylic acids is 4. The Morgan fingerprint density at radius 2 is 1.11 bits per heavy atom. The minimum Gasteiger partial charge on any atom is -0.464 e. The fourth-order valence-corrected chi connectivity index (χ4v) is 7.18. The van der Waals surface area contributed by atoms with Gasteiger partial charge in [-0.2, -0.15) is 0 Å². The second-order valence-corrected chi connectivity index (χ2v) is 14.4. The van der Waals surface area contributed by atoms with E-state index in [4.69, 9.17) is 4.74 Å². The highest BCUT2D eigenvalue weighted by Gasteiger charge is 2.20. The molecule has 5 heterocycles. The van der Waals surface area contributed by atoms with Crippen LogP contribution in [-0.2, 0) is 24.4 Å². The van der Waals surface area contributed by atoms with E-state index in [2.05, 4.69) is 51.5 Å². The lowest BCUT2D eigenvalue weighted by Gasteiger charge is -2.13. The fraction of sp³-hybridized carbons (Fsp3) is 0.128. The summed E-state index contributed by atoms with van der Waals surface area (Å²) in [5, 5.41) is 27.7. The van der Waals surface area contributed by atoms with Gasteiger partial charge in [-0.25, -0.2) is 29.1 Å². The van der Waals surface area contributed by atoms with Crippen molar-refractivity contribution in [1.29, 1.82) is 0 Å². The number of aryl methyl sites for hydroxylation is 1. The highest BCUT2D eigenvalue weighted by molar-refractivity contribution is 6.16. The van der Waals surface area contributed by atoms with Crippen LogP contribution in [0.4, 0.5) is 11.4 Å². The highest BCUT2D eigenvalue weighted by Crippen LogP contribution is 2.27. The zero-order chi connectivity index (χ0) is 45.0. The van der Waals surface area contributed by atoms with Crippen LogP contribution in [-0.4, -0.2) is 86.9 Å². The Hall–Kier alpha value is -8.93. The molecule has 3 N–H and O–H groups in total. The molecule has 3 amide bonds. The number of nitrogens with zero attached hydrogens (tertiary/aromatic N) is 10. The summed E-state index contributed by atoms with van der Waals surface area (Å²) in [6.07, 6.45) is 15.9. The van der Waals surface area contributed by atoms with Gasteiger partial charge in [0.2, 0.25) is 0 Å². The number of carbonyl (C=O) groups is 4. The Balaban J connectivity index is 0.000000181. The lowest BCUT2D eigenvalue weighted by Crippen LogP contribution is -2.27. The van der Waals surface area contributed by atoms with Gasteiger partial charge in [-0.3, -0.25) is 14.4 Å². The van der Waals surface area contributed by atoms with Crippen LogP contribution in [0.15, 0.2) is 153 Å². The van der Waals surface area contributed by atoms with Crippen LogP contribution in [0.5, 0.6) is 0 Å². The molecular formula is C47H41N13O5. The van der Waals surface area contributed by atoms with Crippen molar-refractivity contribution in [2.45, 2.75) is 26.1 Å². The zero-order valence-electron chi connectivity index (χ0n) is 35.0. The molecule has 0 saturated carbocycles. The molecule has 0 atom stereocenters. The van der Waals surface area contributed by atoms with Gasteiger partial charge in [0.15, 0.2) is 11.4 Å². The summed E-state index contributed by atoms with van der Waals surface area (Å²) < 4.78 is 10.1. The van der Waals surface area contributed by atoms with Crippen molar-refractivity contribution >= 4 is 56.6 Å². The summed E-state index contributed by atoms with van der Waals surface area (Å²) in [6, 6.07) is 29.3. The molecule has 0 fully saturated rings. The minimum absolute atomic E-state index is 0.0513. The molecule has 0 saturated heterocycles. The average molecular weight is 868 g/mol. The molecule has 0 spiro atoms. The molecule has 9 aromatic rings. The van der Waals surface area contributed by atoms with Gasteiger partial charge < -0.3 is 25.3 Å². The van der Waals surface area contributed by atoms with Gasteiger partial charge in [-0.15, -0.1) is 10.2 Å². The summed E-state index contributed by atoms with van der Waals surface area (Å²) in [6.45, 7) is 2.29. The Kier molecular flexibility index (Phi) is 13.3. The van der Waals surface area contributed by atoms with Crippen LogP contribution >= 0.6 is 0 Å². The molecule has 0 aliphatic rings. The van der Waals surface area contributed by atoms with Crippen LogP contribution in [0.3, 0.4) is 0 Å². The average Bonchev–Trinajstić information content (AvgIpc) is 4.17. The number of nitrogens with one attached hydrogen (secondary N) is 3. The summed E-state index contributed by atoms with van der Waals surface area (Å²) in [5.41, 5.74) is 3.89. The molecule has 0 unspecified atom stereocenters. The van der Waals surface area contributed by atoms with Crippen molar-refractivity contribution in [2.24, 2.45) is 0 Å². The number of anilines is 2. The van der Waals surface area contributed by atoms with E-state index in [0.29, 0.717) is 42.1 Å². The fourth-order valence-electron chi connectivity index (χ4n) is 7.18. The molecule has 65 heavy (non-hydrogen) atoms. The Morgan fingerprint density at radius 1 is 0.569 bits per heavy atom. The maximum atomic E-state index is 13.3. The number of hydrogen-bond donors (Lipinski definition) is 3. The van der Waals surface area contributed by atoms with Gasteiger partial charge in [0, 0.05) is 61.4 Å². The summed E-state index contributed by atoms with van der Waals surface area (Å²) in [7, 11) is 1.27. The van der Waals surface area contributed by atoms with Crippen LogP contribution in [0.25, 0.3) is 21.5 Å². The van der Waals surface area contributed by atoms with E-state index in [0.717, 1.165) is 45.6 Å². The third-order valence-corrected chi connectivity index (χ3v) is 10.3. The monoisotopic (exact) mass is 867 g/mol. The SMILES string of the molecule is COC(=O)c1ncccc1NC(=O)c1ccc(Cn2ccnn2)c2ccccc12.O=C(NCCCn1ccnc1)c1ncccc1NC(=O)c1ccc(Cn2ccnn2)c2ccccc12. The van der Waals surface area contributed by atoms with Crippen molar-refractivity contribution in [3.05, 3.63) is 187 Å². The molecule has 324 valence electrons. The lowest BCUT2D eigenvalue weighted by molar-refractivity contribution is 0.0595. The van der Waals surface area contributed by atoms with Crippen molar-refractivity contribution in [3.8, 4) is 0 Å². The van der Waals surface area contributed by atoms with Crippen LogP contribution in [0, 0.1) is 0 Å². The first-order valence-electron chi connectivity index (χ1n) is 20.4. The number of rotatable bonds is 14. The number of esters is 1. The van der Waals surface area contributed by atoms with Crippen molar-refractivity contribution in [2.75, 3.05) is 24.3 Å². The predicted molar refractivity (Wildman–Crippen MR) is 241 cm³/mol. The number of ether oxygens (including phenoxy) is 1. The number of fused-ring (bicyclic) bond motifs is 2. The summed E-state index contributed by atoms with van der Waals surface area (Å²) in [4.78, 5) is 63.3. The first-order chi connectivity index (χ1) is 31.9. The third-order valence-electron chi connectivity index (χ3n) is 10.3. The second-order valence-electron chi connectivity index (χ2n) is 14.4.